The third-order valence-corrected chi connectivity index (χ3v) is 4.26. The smallest absolute Gasteiger partial charge is 0.227 e. The highest BCUT2D eigenvalue weighted by atomic mass is 16.5. The van der Waals surface area contributed by atoms with E-state index in [2.05, 4.69) is 25.0 Å². The summed E-state index contributed by atoms with van der Waals surface area (Å²) in [6.07, 6.45) is 4.26. The van der Waals surface area contributed by atoms with Crippen LogP contribution >= 0.6 is 0 Å². The molecule has 7 heteroatoms. The maximum atomic E-state index is 5.37. The lowest BCUT2D eigenvalue weighted by Gasteiger charge is -2.38. The van der Waals surface area contributed by atoms with Gasteiger partial charge in [-0.25, -0.2) is 4.98 Å². The Balaban J connectivity index is 1.29. The second kappa shape index (κ2) is 6.98. The van der Waals surface area contributed by atoms with Crippen molar-refractivity contribution in [2.45, 2.75) is 13.0 Å². The van der Waals surface area contributed by atoms with E-state index in [1.807, 2.05) is 30.3 Å². The van der Waals surface area contributed by atoms with Gasteiger partial charge in [0, 0.05) is 50.1 Å². The largest absolute Gasteiger partial charge is 0.481 e. The van der Waals surface area contributed by atoms with E-state index in [0.29, 0.717) is 23.5 Å². The number of ether oxygens (including phenoxy) is 1. The van der Waals surface area contributed by atoms with Crippen LogP contribution in [0.2, 0.25) is 0 Å². The standard InChI is InChI=1S/C18H19N5O2/c1-24-16-6-2-5-15(20-16)12-23-10-13(11-23)8-17-21-18(22-25-17)14-4-3-7-19-9-14/h2-7,9,13H,8,10-12H2,1H3. The predicted molar refractivity (Wildman–Crippen MR) is 90.8 cm³/mol. The van der Waals surface area contributed by atoms with Gasteiger partial charge < -0.3 is 9.26 Å². The summed E-state index contributed by atoms with van der Waals surface area (Å²) in [4.78, 5) is 15.3. The predicted octanol–water partition coefficient (Wildman–Crippen LogP) is 2.21. The van der Waals surface area contributed by atoms with Crippen LogP contribution in [0, 0.1) is 5.92 Å². The van der Waals surface area contributed by atoms with E-state index in [0.717, 1.165) is 37.3 Å². The Labute approximate surface area is 145 Å². The molecular weight excluding hydrogens is 318 g/mol. The van der Waals surface area contributed by atoms with Crippen molar-refractivity contribution in [2.75, 3.05) is 20.2 Å². The molecule has 4 rings (SSSR count). The molecule has 4 heterocycles. The molecule has 3 aromatic rings. The molecule has 25 heavy (non-hydrogen) atoms. The van der Waals surface area contributed by atoms with E-state index in [9.17, 15) is 0 Å². The van der Waals surface area contributed by atoms with Crippen LogP contribution in [0.4, 0.5) is 0 Å². The molecule has 1 saturated heterocycles. The van der Waals surface area contributed by atoms with Crippen molar-refractivity contribution in [3.05, 3.63) is 54.3 Å². The van der Waals surface area contributed by atoms with E-state index < -0.39 is 0 Å². The highest BCUT2D eigenvalue weighted by Crippen LogP contribution is 2.23. The first kappa shape index (κ1) is 15.7. The molecule has 0 amide bonds. The summed E-state index contributed by atoms with van der Waals surface area (Å²) in [5, 5.41) is 4.04. The second-order valence-corrected chi connectivity index (χ2v) is 6.19. The first-order valence-electron chi connectivity index (χ1n) is 8.25. The lowest BCUT2D eigenvalue weighted by Crippen LogP contribution is -2.47. The molecule has 1 aliphatic rings. The van der Waals surface area contributed by atoms with Gasteiger partial charge in [0.15, 0.2) is 0 Å². The number of rotatable bonds is 6. The Hall–Kier alpha value is -2.80. The molecule has 128 valence electrons. The Bertz CT molecular complexity index is 830. The summed E-state index contributed by atoms with van der Waals surface area (Å²) in [5.74, 6) is 2.47. The number of hydrogen-bond acceptors (Lipinski definition) is 7. The van der Waals surface area contributed by atoms with E-state index >= 15 is 0 Å². The van der Waals surface area contributed by atoms with Gasteiger partial charge in [0.2, 0.25) is 17.6 Å². The Morgan fingerprint density at radius 3 is 2.92 bits per heavy atom. The van der Waals surface area contributed by atoms with Gasteiger partial charge in [0.05, 0.1) is 12.8 Å². The van der Waals surface area contributed by atoms with Crippen molar-refractivity contribution in [3.63, 3.8) is 0 Å². The van der Waals surface area contributed by atoms with Crippen molar-refractivity contribution >= 4 is 0 Å². The number of aromatic nitrogens is 4. The summed E-state index contributed by atoms with van der Waals surface area (Å²) in [7, 11) is 1.63. The second-order valence-electron chi connectivity index (χ2n) is 6.19. The summed E-state index contributed by atoms with van der Waals surface area (Å²) >= 11 is 0. The zero-order chi connectivity index (χ0) is 17.1. The highest BCUT2D eigenvalue weighted by molar-refractivity contribution is 5.51. The van der Waals surface area contributed by atoms with Gasteiger partial charge in [-0.1, -0.05) is 11.2 Å². The molecule has 0 bridgehead atoms. The minimum atomic E-state index is 0.535. The number of methoxy groups -OCH3 is 1. The number of nitrogens with zero attached hydrogens (tertiary/aromatic N) is 5. The van der Waals surface area contributed by atoms with Gasteiger partial charge in [-0.2, -0.15) is 4.98 Å². The van der Waals surface area contributed by atoms with E-state index in [4.69, 9.17) is 9.26 Å². The molecule has 0 saturated carbocycles. The number of likely N-dealkylation sites (tertiary alicyclic amines) is 1. The van der Waals surface area contributed by atoms with E-state index in [1.54, 1.807) is 19.5 Å². The van der Waals surface area contributed by atoms with Crippen LogP contribution in [0.5, 0.6) is 5.88 Å². The van der Waals surface area contributed by atoms with Crippen molar-refractivity contribution in [1.82, 2.24) is 25.0 Å². The molecule has 0 spiro atoms. The van der Waals surface area contributed by atoms with Gasteiger partial charge in [-0.05, 0) is 24.1 Å². The normalized spacial score (nSPS) is 15.1. The first-order chi connectivity index (χ1) is 12.3. The van der Waals surface area contributed by atoms with Gasteiger partial charge in [-0.3, -0.25) is 9.88 Å². The van der Waals surface area contributed by atoms with Gasteiger partial charge in [0.25, 0.3) is 0 Å². The first-order valence-corrected chi connectivity index (χ1v) is 8.25. The molecular formula is C18H19N5O2. The fourth-order valence-corrected chi connectivity index (χ4v) is 3.02. The molecule has 1 aliphatic heterocycles. The molecule has 3 aromatic heterocycles. The highest BCUT2D eigenvalue weighted by Gasteiger charge is 2.29. The van der Waals surface area contributed by atoms with Gasteiger partial charge >= 0.3 is 0 Å². The lowest BCUT2D eigenvalue weighted by molar-refractivity contribution is 0.0851. The third kappa shape index (κ3) is 3.66. The van der Waals surface area contributed by atoms with Crippen LogP contribution in [-0.2, 0) is 13.0 Å². The third-order valence-electron chi connectivity index (χ3n) is 4.26. The van der Waals surface area contributed by atoms with Crippen molar-refractivity contribution in [1.29, 1.82) is 0 Å². The van der Waals surface area contributed by atoms with Gasteiger partial charge in [-0.15, -0.1) is 0 Å². The molecule has 0 radical (unpaired) electrons. The minimum absolute atomic E-state index is 0.535. The summed E-state index contributed by atoms with van der Waals surface area (Å²) in [6, 6.07) is 9.64. The van der Waals surface area contributed by atoms with Crippen LogP contribution in [0.3, 0.4) is 0 Å². The Morgan fingerprint density at radius 2 is 2.12 bits per heavy atom. The van der Waals surface area contributed by atoms with Crippen molar-refractivity contribution < 1.29 is 9.26 Å². The molecule has 0 aromatic carbocycles. The van der Waals surface area contributed by atoms with E-state index in [-0.39, 0.29) is 0 Å². The zero-order valence-corrected chi connectivity index (χ0v) is 14.0. The minimum Gasteiger partial charge on any atom is -0.481 e. The lowest BCUT2D eigenvalue weighted by atomic mass is 9.96. The molecule has 0 aliphatic carbocycles. The van der Waals surface area contributed by atoms with Crippen LogP contribution < -0.4 is 4.74 Å². The maximum absolute atomic E-state index is 5.37. The fourth-order valence-electron chi connectivity index (χ4n) is 3.02. The van der Waals surface area contributed by atoms with Crippen molar-refractivity contribution in [2.24, 2.45) is 5.92 Å². The maximum Gasteiger partial charge on any atom is 0.227 e. The monoisotopic (exact) mass is 337 g/mol. The molecule has 0 N–H and O–H groups in total. The summed E-state index contributed by atoms with van der Waals surface area (Å²) < 4.78 is 10.5. The SMILES string of the molecule is COc1cccc(CN2CC(Cc3nc(-c4cccnc4)no3)C2)n1. The average Bonchev–Trinajstić information content (AvgIpc) is 3.09. The molecule has 0 unspecified atom stereocenters. The van der Waals surface area contributed by atoms with Crippen LogP contribution in [0.25, 0.3) is 11.4 Å². The zero-order valence-electron chi connectivity index (χ0n) is 14.0. The molecule has 7 nitrogen and oxygen atoms in total. The van der Waals surface area contributed by atoms with Crippen LogP contribution in [0.1, 0.15) is 11.6 Å². The summed E-state index contributed by atoms with van der Waals surface area (Å²) in [5.41, 5.74) is 1.89. The summed E-state index contributed by atoms with van der Waals surface area (Å²) in [6.45, 7) is 2.84. The van der Waals surface area contributed by atoms with Gasteiger partial charge in [0.1, 0.15) is 0 Å². The van der Waals surface area contributed by atoms with E-state index in [1.165, 1.54) is 0 Å². The van der Waals surface area contributed by atoms with Crippen LogP contribution in [0.15, 0.2) is 47.2 Å². The average molecular weight is 337 g/mol. The van der Waals surface area contributed by atoms with Crippen molar-refractivity contribution in [3.8, 4) is 17.3 Å². The quantitative estimate of drug-likeness (QED) is 0.682. The number of hydrogen-bond donors (Lipinski definition) is 0. The number of pyridine rings is 2. The molecule has 1 fully saturated rings. The van der Waals surface area contributed by atoms with Crippen LogP contribution in [-0.4, -0.2) is 45.2 Å². The Kier molecular flexibility index (Phi) is 4.39. The fraction of sp³-hybridized carbons (Fsp3) is 0.333. The Morgan fingerprint density at radius 1 is 1.20 bits per heavy atom. The topological polar surface area (TPSA) is 77.2 Å². The molecule has 0 atom stereocenters.